The van der Waals surface area contributed by atoms with Gasteiger partial charge in [-0.05, 0) is 31.4 Å². The van der Waals surface area contributed by atoms with E-state index in [9.17, 15) is 14.9 Å². The van der Waals surface area contributed by atoms with Crippen LogP contribution in [-0.2, 0) is 0 Å². The summed E-state index contributed by atoms with van der Waals surface area (Å²) in [5.74, 6) is 0.301. The van der Waals surface area contributed by atoms with E-state index < -0.39 is 4.92 Å². The molecule has 4 N–H and O–H groups in total. The van der Waals surface area contributed by atoms with Gasteiger partial charge in [-0.1, -0.05) is 18.9 Å². The van der Waals surface area contributed by atoms with Crippen molar-refractivity contribution in [2.45, 2.75) is 31.7 Å². The molecule has 0 aliphatic heterocycles. The first-order chi connectivity index (χ1) is 10.1. The zero-order chi connectivity index (χ0) is 15.2. The molecule has 1 saturated carbocycles. The fraction of sp³-hybridized carbons (Fsp3) is 0.500. The Labute approximate surface area is 123 Å². The normalized spacial score (nSPS) is 21.6. The lowest BCUT2D eigenvalue weighted by Gasteiger charge is -2.31. The molecule has 1 aromatic carbocycles. The van der Waals surface area contributed by atoms with E-state index in [1.807, 2.05) is 0 Å². The monoisotopic (exact) mass is 292 g/mol. The minimum atomic E-state index is -0.491. The lowest BCUT2D eigenvalue weighted by molar-refractivity contribution is -0.384. The Kier molecular flexibility index (Phi) is 5.10. The Morgan fingerprint density at radius 3 is 2.86 bits per heavy atom. The van der Waals surface area contributed by atoms with Gasteiger partial charge in [-0.3, -0.25) is 10.1 Å². The number of benzene rings is 1. The first-order valence-corrected chi connectivity index (χ1v) is 7.12. The zero-order valence-corrected chi connectivity index (χ0v) is 11.7. The number of nitrogens with one attached hydrogen (secondary N) is 2. The molecule has 1 fully saturated rings. The van der Waals surface area contributed by atoms with Gasteiger partial charge < -0.3 is 16.4 Å². The van der Waals surface area contributed by atoms with Crippen molar-refractivity contribution in [3.63, 3.8) is 0 Å². The molecular weight excluding hydrogens is 272 g/mol. The molecule has 2 atom stereocenters. The molecule has 0 spiro atoms. The number of anilines is 1. The minimum Gasteiger partial charge on any atom is -0.335 e. The molecule has 1 aliphatic carbocycles. The van der Waals surface area contributed by atoms with Crippen molar-refractivity contribution in [2.75, 3.05) is 11.9 Å². The highest BCUT2D eigenvalue weighted by molar-refractivity contribution is 5.89. The van der Waals surface area contributed by atoms with Gasteiger partial charge in [0.25, 0.3) is 5.69 Å². The van der Waals surface area contributed by atoms with E-state index in [0.717, 1.165) is 25.7 Å². The van der Waals surface area contributed by atoms with E-state index in [1.165, 1.54) is 18.2 Å². The fourth-order valence-corrected chi connectivity index (χ4v) is 2.71. The number of hydrogen-bond acceptors (Lipinski definition) is 4. The van der Waals surface area contributed by atoms with Crippen LogP contribution >= 0.6 is 0 Å². The summed E-state index contributed by atoms with van der Waals surface area (Å²) in [7, 11) is 0. The molecule has 0 bridgehead atoms. The predicted molar refractivity (Wildman–Crippen MR) is 80.1 cm³/mol. The van der Waals surface area contributed by atoms with Crippen molar-refractivity contribution in [1.29, 1.82) is 0 Å². The molecule has 0 aromatic heterocycles. The van der Waals surface area contributed by atoms with Crippen LogP contribution < -0.4 is 16.4 Å². The first-order valence-electron chi connectivity index (χ1n) is 7.12. The lowest BCUT2D eigenvalue weighted by Crippen LogP contribution is -2.46. The average Bonchev–Trinajstić information content (AvgIpc) is 2.48. The number of nitro benzene ring substituents is 1. The summed E-state index contributed by atoms with van der Waals surface area (Å²) in [6.45, 7) is 0.557. The smallest absolute Gasteiger partial charge is 0.319 e. The number of hydrogen-bond donors (Lipinski definition) is 3. The topological polar surface area (TPSA) is 110 Å². The fourth-order valence-electron chi connectivity index (χ4n) is 2.71. The van der Waals surface area contributed by atoms with Crippen LogP contribution in [-0.4, -0.2) is 23.5 Å². The Balaban J connectivity index is 1.95. The molecule has 114 valence electrons. The quantitative estimate of drug-likeness (QED) is 0.583. The van der Waals surface area contributed by atoms with E-state index in [4.69, 9.17) is 5.73 Å². The molecule has 2 rings (SSSR count). The molecule has 21 heavy (non-hydrogen) atoms. The van der Waals surface area contributed by atoms with Crippen molar-refractivity contribution < 1.29 is 9.72 Å². The standard InChI is InChI=1S/C14H20N4O3/c15-9-10-4-1-2-7-13(10)17-14(19)16-11-5-3-6-12(8-11)18(20)21/h3,5-6,8,10,13H,1-2,4,7,9,15H2,(H2,16,17,19). The maximum atomic E-state index is 12.0. The number of rotatable bonds is 4. The zero-order valence-electron chi connectivity index (χ0n) is 11.7. The first kappa shape index (κ1) is 15.2. The molecule has 1 aromatic rings. The number of nitrogens with zero attached hydrogens (tertiary/aromatic N) is 1. The van der Waals surface area contributed by atoms with Crippen LogP contribution in [0.5, 0.6) is 0 Å². The summed E-state index contributed by atoms with van der Waals surface area (Å²) < 4.78 is 0. The van der Waals surface area contributed by atoms with Gasteiger partial charge in [-0.25, -0.2) is 4.79 Å². The van der Waals surface area contributed by atoms with Crippen molar-refractivity contribution in [3.05, 3.63) is 34.4 Å². The van der Waals surface area contributed by atoms with Crippen LogP contribution in [0.2, 0.25) is 0 Å². The van der Waals surface area contributed by atoms with Gasteiger partial charge in [0.2, 0.25) is 0 Å². The summed E-state index contributed by atoms with van der Waals surface area (Å²) in [6, 6.07) is 5.60. The van der Waals surface area contributed by atoms with E-state index >= 15 is 0 Å². The van der Waals surface area contributed by atoms with Crippen molar-refractivity contribution in [3.8, 4) is 0 Å². The van der Waals surface area contributed by atoms with Crippen LogP contribution in [0.25, 0.3) is 0 Å². The molecule has 2 amide bonds. The van der Waals surface area contributed by atoms with Gasteiger partial charge >= 0.3 is 6.03 Å². The highest BCUT2D eigenvalue weighted by Crippen LogP contribution is 2.23. The third-order valence-electron chi connectivity index (χ3n) is 3.84. The highest BCUT2D eigenvalue weighted by atomic mass is 16.6. The minimum absolute atomic E-state index is 0.0506. The van der Waals surface area contributed by atoms with E-state index in [1.54, 1.807) is 6.07 Å². The second-order valence-corrected chi connectivity index (χ2v) is 5.29. The number of nitro groups is 1. The largest absolute Gasteiger partial charge is 0.335 e. The van der Waals surface area contributed by atoms with Crippen LogP contribution in [0.4, 0.5) is 16.2 Å². The molecule has 0 heterocycles. The van der Waals surface area contributed by atoms with E-state index in [-0.39, 0.29) is 17.8 Å². The molecule has 7 heteroatoms. The third-order valence-corrected chi connectivity index (χ3v) is 3.84. The summed E-state index contributed by atoms with van der Waals surface area (Å²) in [6.07, 6.45) is 4.17. The Morgan fingerprint density at radius 1 is 1.38 bits per heavy atom. The predicted octanol–water partition coefficient (Wildman–Crippen LogP) is 2.23. The van der Waals surface area contributed by atoms with Crippen LogP contribution in [0.15, 0.2) is 24.3 Å². The van der Waals surface area contributed by atoms with Gasteiger partial charge in [-0.2, -0.15) is 0 Å². The molecule has 7 nitrogen and oxygen atoms in total. The summed E-state index contributed by atoms with van der Waals surface area (Å²) >= 11 is 0. The lowest BCUT2D eigenvalue weighted by atomic mass is 9.84. The van der Waals surface area contributed by atoms with Crippen LogP contribution in [0, 0.1) is 16.0 Å². The SMILES string of the molecule is NCC1CCCCC1NC(=O)Nc1cccc([N+](=O)[O-])c1. The van der Waals surface area contributed by atoms with Gasteiger partial charge in [0.1, 0.15) is 0 Å². The Hall–Kier alpha value is -2.15. The van der Waals surface area contributed by atoms with Gasteiger partial charge in [0, 0.05) is 23.9 Å². The average molecular weight is 292 g/mol. The summed E-state index contributed by atoms with van der Waals surface area (Å²) in [5.41, 5.74) is 6.08. The van der Waals surface area contributed by atoms with Crippen molar-refractivity contribution >= 4 is 17.4 Å². The van der Waals surface area contributed by atoms with Crippen LogP contribution in [0.1, 0.15) is 25.7 Å². The van der Waals surface area contributed by atoms with E-state index in [2.05, 4.69) is 10.6 Å². The number of nitrogens with two attached hydrogens (primary N) is 1. The molecule has 0 saturated heterocycles. The van der Waals surface area contributed by atoms with Crippen molar-refractivity contribution in [2.24, 2.45) is 11.7 Å². The Morgan fingerprint density at radius 2 is 2.14 bits per heavy atom. The molecule has 1 aliphatic rings. The number of non-ortho nitro benzene ring substituents is 1. The maximum Gasteiger partial charge on any atom is 0.319 e. The second kappa shape index (κ2) is 7.03. The number of carbonyl (C=O) groups is 1. The van der Waals surface area contributed by atoms with Gasteiger partial charge in [0.05, 0.1) is 4.92 Å². The van der Waals surface area contributed by atoms with Crippen LogP contribution in [0.3, 0.4) is 0 Å². The second-order valence-electron chi connectivity index (χ2n) is 5.29. The Bertz CT molecular complexity index is 521. The molecule has 2 unspecified atom stereocenters. The van der Waals surface area contributed by atoms with Crippen molar-refractivity contribution in [1.82, 2.24) is 5.32 Å². The molecular formula is C14H20N4O3. The van der Waals surface area contributed by atoms with E-state index in [0.29, 0.717) is 18.2 Å². The number of amides is 2. The molecule has 0 radical (unpaired) electrons. The third kappa shape index (κ3) is 4.16. The summed E-state index contributed by atoms with van der Waals surface area (Å²) in [4.78, 5) is 22.2. The van der Waals surface area contributed by atoms with Gasteiger partial charge in [-0.15, -0.1) is 0 Å². The summed E-state index contributed by atoms with van der Waals surface area (Å²) in [5, 5.41) is 16.3. The number of urea groups is 1. The highest BCUT2D eigenvalue weighted by Gasteiger charge is 2.25. The maximum absolute atomic E-state index is 12.0. The number of carbonyl (C=O) groups excluding carboxylic acids is 1. The van der Waals surface area contributed by atoms with Gasteiger partial charge in [0.15, 0.2) is 0 Å².